The summed E-state index contributed by atoms with van der Waals surface area (Å²) < 4.78 is 18.3. The van der Waals surface area contributed by atoms with E-state index in [1.165, 1.54) is 12.1 Å². The molecule has 1 aromatic carbocycles. The van der Waals surface area contributed by atoms with E-state index in [2.05, 4.69) is 5.32 Å². The Morgan fingerprint density at radius 2 is 2.00 bits per heavy atom. The van der Waals surface area contributed by atoms with Crippen LogP contribution < -0.4 is 10.1 Å². The molecule has 1 rings (SSSR count). The van der Waals surface area contributed by atoms with E-state index in [0.29, 0.717) is 5.92 Å². The molecule has 0 heterocycles. The van der Waals surface area contributed by atoms with E-state index in [-0.39, 0.29) is 24.3 Å². The molecule has 4 heteroatoms. The number of benzene rings is 1. The van der Waals surface area contributed by atoms with Gasteiger partial charge < -0.3 is 10.1 Å². The van der Waals surface area contributed by atoms with Crippen LogP contribution in [-0.2, 0) is 4.79 Å². The second-order valence-electron chi connectivity index (χ2n) is 4.32. The number of ether oxygens (including phenoxy) is 1. The maximum absolute atomic E-state index is 13.2. The Labute approximate surface area is 101 Å². The van der Waals surface area contributed by atoms with Crippen molar-refractivity contribution >= 4 is 5.91 Å². The monoisotopic (exact) mass is 239 g/mol. The van der Waals surface area contributed by atoms with Crippen molar-refractivity contribution in [2.75, 3.05) is 6.61 Å². The molecule has 94 valence electrons. The van der Waals surface area contributed by atoms with Crippen molar-refractivity contribution in [3.63, 3.8) is 0 Å². The zero-order chi connectivity index (χ0) is 12.8. The van der Waals surface area contributed by atoms with Gasteiger partial charge in [-0.3, -0.25) is 4.79 Å². The number of para-hydroxylation sites is 1. The molecule has 1 aromatic rings. The maximum Gasteiger partial charge on any atom is 0.258 e. The van der Waals surface area contributed by atoms with Crippen molar-refractivity contribution in [2.45, 2.75) is 26.8 Å². The van der Waals surface area contributed by atoms with Gasteiger partial charge in [-0.25, -0.2) is 4.39 Å². The first-order valence-electron chi connectivity index (χ1n) is 5.67. The first-order valence-corrected chi connectivity index (χ1v) is 5.67. The molecule has 1 amide bonds. The Morgan fingerprint density at radius 3 is 2.59 bits per heavy atom. The third-order valence-electron chi connectivity index (χ3n) is 2.58. The average Bonchev–Trinajstić information content (AvgIpc) is 2.27. The summed E-state index contributed by atoms with van der Waals surface area (Å²) in [5.41, 5.74) is 0. The molecule has 0 radical (unpaired) electrons. The lowest BCUT2D eigenvalue weighted by atomic mass is 10.1. The fourth-order valence-corrected chi connectivity index (χ4v) is 1.17. The fourth-order valence-electron chi connectivity index (χ4n) is 1.17. The van der Waals surface area contributed by atoms with Gasteiger partial charge in [-0.1, -0.05) is 26.0 Å². The molecule has 1 N–H and O–H groups in total. The highest BCUT2D eigenvalue weighted by atomic mass is 19.1. The average molecular weight is 239 g/mol. The highest BCUT2D eigenvalue weighted by Gasteiger charge is 2.11. The lowest BCUT2D eigenvalue weighted by Gasteiger charge is -2.17. The second-order valence-corrected chi connectivity index (χ2v) is 4.32. The largest absolute Gasteiger partial charge is 0.481 e. The summed E-state index contributed by atoms with van der Waals surface area (Å²) in [6.45, 7) is 5.79. The number of hydrogen-bond acceptors (Lipinski definition) is 2. The van der Waals surface area contributed by atoms with Crippen LogP contribution >= 0.6 is 0 Å². The standard InChI is InChI=1S/C13H18FNO2/c1-9(2)10(3)15-13(16)8-17-12-7-5-4-6-11(12)14/h4-7,9-10H,8H2,1-3H3,(H,15,16). The molecule has 0 spiro atoms. The molecule has 0 saturated carbocycles. The van der Waals surface area contributed by atoms with Crippen molar-refractivity contribution in [1.82, 2.24) is 5.32 Å². The molecule has 0 saturated heterocycles. The minimum atomic E-state index is -0.461. The maximum atomic E-state index is 13.2. The smallest absolute Gasteiger partial charge is 0.258 e. The predicted octanol–water partition coefficient (Wildman–Crippen LogP) is 2.37. The minimum absolute atomic E-state index is 0.0757. The summed E-state index contributed by atoms with van der Waals surface area (Å²) in [6.07, 6.45) is 0. The normalized spacial score (nSPS) is 12.3. The first kappa shape index (κ1) is 13.5. The van der Waals surface area contributed by atoms with Gasteiger partial charge in [0.1, 0.15) is 0 Å². The van der Waals surface area contributed by atoms with Crippen LogP contribution in [0.15, 0.2) is 24.3 Å². The Hall–Kier alpha value is -1.58. The Morgan fingerprint density at radius 1 is 1.35 bits per heavy atom. The summed E-state index contributed by atoms with van der Waals surface area (Å²) in [4.78, 5) is 11.5. The van der Waals surface area contributed by atoms with Crippen molar-refractivity contribution in [1.29, 1.82) is 0 Å². The van der Waals surface area contributed by atoms with E-state index in [1.807, 2.05) is 20.8 Å². The summed E-state index contributed by atoms with van der Waals surface area (Å²) in [7, 11) is 0. The van der Waals surface area contributed by atoms with Crippen LogP contribution in [0.25, 0.3) is 0 Å². The summed E-state index contributed by atoms with van der Waals surface area (Å²) in [5.74, 6) is -0.251. The third kappa shape index (κ3) is 4.43. The number of carbonyl (C=O) groups is 1. The SMILES string of the molecule is CC(C)C(C)NC(=O)COc1ccccc1F. The van der Waals surface area contributed by atoms with Crippen LogP contribution in [0.5, 0.6) is 5.75 Å². The van der Waals surface area contributed by atoms with Gasteiger partial charge in [0, 0.05) is 6.04 Å². The molecule has 0 aliphatic carbocycles. The molecule has 1 unspecified atom stereocenters. The van der Waals surface area contributed by atoms with E-state index in [0.717, 1.165) is 0 Å². The van der Waals surface area contributed by atoms with Gasteiger partial charge in [-0.2, -0.15) is 0 Å². The van der Waals surface area contributed by atoms with Gasteiger partial charge in [0.25, 0.3) is 5.91 Å². The Balaban J connectivity index is 2.41. The topological polar surface area (TPSA) is 38.3 Å². The van der Waals surface area contributed by atoms with E-state index in [1.54, 1.807) is 12.1 Å². The highest BCUT2D eigenvalue weighted by Crippen LogP contribution is 2.14. The molecule has 0 aliphatic rings. The number of halogens is 1. The summed E-state index contributed by atoms with van der Waals surface area (Å²) in [6, 6.07) is 6.10. The molecule has 1 atom stereocenters. The Kier molecular flexibility index (Phi) is 4.94. The van der Waals surface area contributed by atoms with E-state index in [4.69, 9.17) is 4.74 Å². The zero-order valence-corrected chi connectivity index (χ0v) is 10.4. The molecule has 17 heavy (non-hydrogen) atoms. The highest BCUT2D eigenvalue weighted by molar-refractivity contribution is 5.77. The molecule has 0 fully saturated rings. The summed E-state index contributed by atoms with van der Waals surface area (Å²) >= 11 is 0. The second kappa shape index (κ2) is 6.23. The van der Waals surface area contributed by atoms with Crippen molar-refractivity contribution in [3.8, 4) is 5.75 Å². The van der Waals surface area contributed by atoms with Crippen molar-refractivity contribution in [3.05, 3.63) is 30.1 Å². The summed E-state index contributed by atoms with van der Waals surface area (Å²) in [5, 5.41) is 2.78. The number of hydrogen-bond donors (Lipinski definition) is 1. The van der Waals surface area contributed by atoms with E-state index in [9.17, 15) is 9.18 Å². The van der Waals surface area contributed by atoms with Crippen LogP contribution in [-0.4, -0.2) is 18.6 Å². The van der Waals surface area contributed by atoms with Gasteiger partial charge in [0.05, 0.1) is 0 Å². The minimum Gasteiger partial charge on any atom is -0.481 e. The zero-order valence-electron chi connectivity index (χ0n) is 10.4. The fraction of sp³-hybridized carbons (Fsp3) is 0.462. The van der Waals surface area contributed by atoms with Gasteiger partial charge >= 0.3 is 0 Å². The number of carbonyl (C=O) groups excluding carboxylic acids is 1. The Bertz CT molecular complexity index is 379. The number of nitrogens with one attached hydrogen (secondary N) is 1. The van der Waals surface area contributed by atoms with Gasteiger partial charge in [0.15, 0.2) is 18.2 Å². The van der Waals surface area contributed by atoms with Gasteiger partial charge in [-0.15, -0.1) is 0 Å². The van der Waals surface area contributed by atoms with E-state index >= 15 is 0 Å². The van der Waals surface area contributed by atoms with Crippen LogP contribution in [0, 0.1) is 11.7 Å². The molecular weight excluding hydrogens is 221 g/mol. The molecule has 0 aliphatic heterocycles. The van der Waals surface area contributed by atoms with E-state index < -0.39 is 5.82 Å². The molecule has 0 aromatic heterocycles. The van der Waals surface area contributed by atoms with Crippen LogP contribution in [0.4, 0.5) is 4.39 Å². The van der Waals surface area contributed by atoms with Crippen molar-refractivity contribution < 1.29 is 13.9 Å². The van der Waals surface area contributed by atoms with Crippen molar-refractivity contribution in [2.24, 2.45) is 5.92 Å². The van der Waals surface area contributed by atoms with Gasteiger partial charge in [-0.05, 0) is 25.0 Å². The van der Waals surface area contributed by atoms with Crippen LogP contribution in [0.2, 0.25) is 0 Å². The predicted molar refractivity (Wildman–Crippen MR) is 64.3 cm³/mol. The molecule has 3 nitrogen and oxygen atoms in total. The lowest BCUT2D eigenvalue weighted by molar-refractivity contribution is -0.124. The number of amides is 1. The number of rotatable bonds is 5. The third-order valence-corrected chi connectivity index (χ3v) is 2.58. The van der Waals surface area contributed by atoms with Crippen LogP contribution in [0.3, 0.4) is 0 Å². The molecular formula is C13H18FNO2. The first-order chi connectivity index (χ1) is 8.00. The quantitative estimate of drug-likeness (QED) is 0.856. The molecule has 0 bridgehead atoms. The lowest BCUT2D eigenvalue weighted by Crippen LogP contribution is -2.39. The van der Waals surface area contributed by atoms with Crippen LogP contribution in [0.1, 0.15) is 20.8 Å². The van der Waals surface area contributed by atoms with Gasteiger partial charge in [0.2, 0.25) is 0 Å².